The van der Waals surface area contributed by atoms with Crippen molar-refractivity contribution in [1.82, 2.24) is 4.90 Å². The molecule has 18 heavy (non-hydrogen) atoms. The van der Waals surface area contributed by atoms with Crippen molar-refractivity contribution in [3.05, 3.63) is 33.9 Å². The number of nitro benzene ring substituents is 1. The first-order valence-electron chi connectivity index (χ1n) is 6.36. The van der Waals surface area contributed by atoms with E-state index in [-0.39, 0.29) is 5.69 Å². The molecule has 2 rings (SSSR count). The molecule has 0 aliphatic heterocycles. The first-order valence-corrected chi connectivity index (χ1v) is 6.36. The molecule has 2 N–H and O–H groups in total. The van der Waals surface area contributed by atoms with Gasteiger partial charge in [0.15, 0.2) is 0 Å². The predicted molar refractivity (Wildman–Crippen MR) is 71.2 cm³/mol. The van der Waals surface area contributed by atoms with E-state index in [4.69, 9.17) is 5.73 Å². The fourth-order valence-electron chi connectivity index (χ4n) is 2.11. The lowest BCUT2D eigenvalue weighted by molar-refractivity contribution is -0.384. The summed E-state index contributed by atoms with van der Waals surface area (Å²) >= 11 is 0. The van der Waals surface area contributed by atoms with Crippen molar-refractivity contribution in [2.75, 3.05) is 18.8 Å². The molecule has 0 bridgehead atoms. The van der Waals surface area contributed by atoms with Gasteiger partial charge in [-0.15, -0.1) is 0 Å². The number of nitrogens with two attached hydrogens (primary N) is 1. The van der Waals surface area contributed by atoms with Crippen LogP contribution in [0.4, 0.5) is 11.4 Å². The highest BCUT2D eigenvalue weighted by Crippen LogP contribution is 2.31. The Morgan fingerprint density at radius 1 is 1.50 bits per heavy atom. The lowest BCUT2D eigenvalue weighted by Gasteiger charge is -2.20. The van der Waals surface area contributed by atoms with Crippen LogP contribution in [0.2, 0.25) is 0 Å². The molecular weight excluding hydrogens is 230 g/mol. The van der Waals surface area contributed by atoms with Crippen molar-refractivity contribution >= 4 is 11.4 Å². The molecular formula is C13H19N3O2. The van der Waals surface area contributed by atoms with Gasteiger partial charge in [0.25, 0.3) is 5.69 Å². The van der Waals surface area contributed by atoms with E-state index in [1.54, 1.807) is 6.07 Å². The first kappa shape index (κ1) is 12.8. The predicted octanol–water partition coefficient (Wildman–Crippen LogP) is 2.41. The molecule has 1 aromatic carbocycles. The van der Waals surface area contributed by atoms with Crippen LogP contribution >= 0.6 is 0 Å². The Morgan fingerprint density at radius 3 is 2.78 bits per heavy atom. The molecule has 0 aromatic heterocycles. The molecule has 0 heterocycles. The number of benzene rings is 1. The quantitative estimate of drug-likeness (QED) is 0.477. The van der Waals surface area contributed by atoms with Crippen molar-refractivity contribution in [2.45, 2.75) is 26.3 Å². The van der Waals surface area contributed by atoms with Gasteiger partial charge >= 0.3 is 0 Å². The van der Waals surface area contributed by atoms with Gasteiger partial charge in [-0.3, -0.25) is 15.0 Å². The van der Waals surface area contributed by atoms with Crippen LogP contribution in [0.3, 0.4) is 0 Å². The number of rotatable bonds is 6. The van der Waals surface area contributed by atoms with Gasteiger partial charge in [-0.05, 0) is 30.9 Å². The molecule has 0 saturated heterocycles. The van der Waals surface area contributed by atoms with Crippen LogP contribution in [0.25, 0.3) is 0 Å². The number of hydrogen-bond acceptors (Lipinski definition) is 4. The Bertz CT molecular complexity index is 444. The van der Waals surface area contributed by atoms with E-state index >= 15 is 0 Å². The third-order valence-electron chi connectivity index (χ3n) is 3.42. The molecule has 1 aliphatic rings. The highest BCUT2D eigenvalue weighted by atomic mass is 16.6. The molecule has 0 unspecified atom stereocenters. The highest BCUT2D eigenvalue weighted by Gasteiger charge is 2.24. The maximum absolute atomic E-state index is 10.8. The third kappa shape index (κ3) is 2.98. The minimum Gasteiger partial charge on any atom is -0.393 e. The second-order valence-electron chi connectivity index (χ2n) is 4.88. The summed E-state index contributed by atoms with van der Waals surface area (Å²) in [6.07, 6.45) is 2.61. The van der Waals surface area contributed by atoms with Crippen LogP contribution in [0.15, 0.2) is 18.2 Å². The minimum atomic E-state index is -0.421. The molecule has 0 radical (unpaired) electrons. The first-order chi connectivity index (χ1) is 8.61. The number of nitrogens with zero attached hydrogens (tertiary/aromatic N) is 2. The topological polar surface area (TPSA) is 72.4 Å². The standard InChI is InChI=1S/C13H19N3O2/c1-2-15(8-10-6-7-10)9-11-4-3-5-12(13(11)14)16(17)18/h3-5,10H,2,6-9,14H2,1H3. The number of nitrogen functional groups attached to an aromatic ring is 1. The maximum Gasteiger partial charge on any atom is 0.292 e. The van der Waals surface area contributed by atoms with Crippen molar-refractivity contribution in [3.63, 3.8) is 0 Å². The zero-order valence-electron chi connectivity index (χ0n) is 10.6. The Morgan fingerprint density at radius 2 is 2.22 bits per heavy atom. The van der Waals surface area contributed by atoms with Crippen molar-refractivity contribution in [3.8, 4) is 0 Å². The van der Waals surface area contributed by atoms with Crippen LogP contribution in [0.1, 0.15) is 25.3 Å². The van der Waals surface area contributed by atoms with E-state index in [0.29, 0.717) is 12.2 Å². The van der Waals surface area contributed by atoms with Crippen LogP contribution in [0, 0.1) is 16.0 Å². The fraction of sp³-hybridized carbons (Fsp3) is 0.538. The Kier molecular flexibility index (Phi) is 3.81. The van der Waals surface area contributed by atoms with Crippen molar-refractivity contribution < 1.29 is 4.92 Å². The summed E-state index contributed by atoms with van der Waals surface area (Å²) in [4.78, 5) is 12.7. The zero-order valence-corrected chi connectivity index (χ0v) is 10.6. The summed E-state index contributed by atoms with van der Waals surface area (Å²) in [7, 11) is 0. The molecule has 5 heteroatoms. The summed E-state index contributed by atoms with van der Waals surface area (Å²) in [6.45, 7) is 4.81. The Balaban J connectivity index is 2.11. The highest BCUT2D eigenvalue weighted by molar-refractivity contribution is 5.62. The second kappa shape index (κ2) is 5.35. The Labute approximate surface area is 107 Å². The number of para-hydroxylation sites is 1. The summed E-state index contributed by atoms with van der Waals surface area (Å²) in [5, 5.41) is 10.8. The largest absolute Gasteiger partial charge is 0.393 e. The van der Waals surface area contributed by atoms with Gasteiger partial charge in [-0.25, -0.2) is 0 Å². The van der Waals surface area contributed by atoms with E-state index in [1.165, 1.54) is 18.9 Å². The molecule has 98 valence electrons. The molecule has 5 nitrogen and oxygen atoms in total. The Hall–Kier alpha value is -1.62. The molecule has 1 aliphatic carbocycles. The van der Waals surface area contributed by atoms with Crippen LogP contribution in [-0.2, 0) is 6.54 Å². The summed E-state index contributed by atoms with van der Waals surface area (Å²) < 4.78 is 0. The van der Waals surface area contributed by atoms with Gasteiger partial charge in [0.1, 0.15) is 5.69 Å². The molecule has 0 atom stereocenters. The average molecular weight is 249 g/mol. The summed E-state index contributed by atoms with van der Waals surface area (Å²) in [5.41, 5.74) is 7.03. The van der Waals surface area contributed by atoms with E-state index in [1.807, 2.05) is 6.07 Å². The fourth-order valence-corrected chi connectivity index (χ4v) is 2.11. The number of hydrogen-bond donors (Lipinski definition) is 1. The lowest BCUT2D eigenvalue weighted by atomic mass is 10.1. The third-order valence-corrected chi connectivity index (χ3v) is 3.42. The van der Waals surface area contributed by atoms with Crippen LogP contribution in [-0.4, -0.2) is 22.9 Å². The van der Waals surface area contributed by atoms with E-state index < -0.39 is 4.92 Å². The van der Waals surface area contributed by atoms with Gasteiger partial charge in [0.05, 0.1) is 4.92 Å². The van der Waals surface area contributed by atoms with Gasteiger partial charge in [0.2, 0.25) is 0 Å². The van der Waals surface area contributed by atoms with Crippen LogP contribution in [0.5, 0.6) is 0 Å². The monoisotopic (exact) mass is 249 g/mol. The van der Waals surface area contributed by atoms with Gasteiger partial charge < -0.3 is 5.73 Å². The average Bonchev–Trinajstić information content (AvgIpc) is 3.14. The molecule has 0 amide bonds. The van der Waals surface area contributed by atoms with Gasteiger partial charge in [-0.2, -0.15) is 0 Å². The molecule has 1 aromatic rings. The maximum atomic E-state index is 10.8. The number of nitro groups is 1. The minimum absolute atomic E-state index is 0.00924. The smallest absolute Gasteiger partial charge is 0.292 e. The normalized spacial score (nSPS) is 15.0. The molecule has 0 spiro atoms. The zero-order chi connectivity index (χ0) is 13.1. The SMILES string of the molecule is CCN(Cc1cccc([N+](=O)[O-])c1N)CC1CC1. The second-order valence-corrected chi connectivity index (χ2v) is 4.88. The van der Waals surface area contributed by atoms with Gasteiger partial charge in [0, 0.05) is 19.2 Å². The van der Waals surface area contributed by atoms with Crippen molar-refractivity contribution in [1.29, 1.82) is 0 Å². The molecule has 1 fully saturated rings. The van der Waals surface area contributed by atoms with E-state index in [0.717, 1.165) is 24.6 Å². The summed E-state index contributed by atoms with van der Waals surface area (Å²) in [6, 6.07) is 5.03. The van der Waals surface area contributed by atoms with E-state index in [9.17, 15) is 10.1 Å². The van der Waals surface area contributed by atoms with Gasteiger partial charge in [-0.1, -0.05) is 19.1 Å². The van der Waals surface area contributed by atoms with Crippen LogP contribution < -0.4 is 5.73 Å². The summed E-state index contributed by atoms with van der Waals surface area (Å²) in [5.74, 6) is 0.810. The van der Waals surface area contributed by atoms with Crippen molar-refractivity contribution in [2.24, 2.45) is 5.92 Å². The number of anilines is 1. The lowest BCUT2D eigenvalue weighted by Crippen LogP contribution is -2.25. The van der Waals surface area contributed by atoms with E-state index in [2.05, 4.69) is 11.8 Å². The molecule has 1 saturated carbocycles.